The van der Waals surface area contributed by atoms with Crippen LogP contribution in [0.15, 0.2) is 29.2 Å². The van der Waals surface area contributed by atoms with Crippen molar-refractivity contribution in [3.63, 3.8) is 0 Å². The molecule has 8 heteroatoms. The van der Waals surface area contributed by atoms with Crippen LogP contribution in [0.25, 0.3) is 0 Å². The molecule has 0 bridgehead atoms. The Labute approximate surface area is 141 Å². The van der Waals surface area contributed by atoms with E-state index in [4.69, 9.17) is 4.74 Å². The number of sulfone groups is 1. The Balaban J connectivity index is 2.69. The van der Waals surface area contributed by atoms with Gasteiger partial charge in [-0.05, 0) is 31.5 Å². The summed E-state index contributed by atoms with van der Waals surface area (Å²) in [5.74, 6) is -0.426. The Kier molecular flexibility index (Phi) is 7.78. The van der Waals surface area contributed by atoms with Gasteiger partial charge in [0.2, 0.25) is 5.91 Å². The highest BCUT2D eigenvalue weighted by Crippen LogP contribution is 2.20. The SMILES string of the molecule is CC(C)OCCC(=O)NC(CF)C(O)c1ccc(S(C)(=O)=O)cc1. The normalized spacial score (nSPS) is 14.4. The van der Waals surface area contributed by atoms with E-state index in [2.05, 4.69) is 5.32 Å². The minimum absolute atomic E-state index is 0.00581. The number of hydrogen-bond acceptors (Lipinski definition) is 5. The van der Waals surface area contributed by atoms with Crippen LogP contribution in [0.2, 0.25) is 0 Å². The summed E-state index contributed by atoms with van der Waals surface area (Å²) >= 11 is 0. The van der Waals surface area contributed by atoms with Gasteiger partial charge in [0.05, 0.1) is 23.6 Å². The third kappa shape index (κ3) is 6.54. The van der Waals surface area contributed by atoms with Gasteiger partial charge in [-0.25, -0.2) is 12.8 Å². The summed E-state index contributed by atoms with van der Waals surface area (Å²) in [6, 6.07) is 4.36. The molecule has 0 aromatic heterocycles. The summed E-state index contributed by atoms with van der Waals surface area (Å²) in [4.78, 5) is 11.9. The van der Waals surface area contributed by atoms with Crippen LogP contribution < -0.4 is 5.32 Å². The monoisotopic (exact) mass is 361 g/mol. The molecule has 0 fully saturated rings. The van der Waals surface area contributed by atoms with E-state index >= 15 is 0 Å². The molecule has 136 valence electrons. The van der Waals surface area contributed by atoms with E-state index in [1.165, 1.54) is 24.3 Å². The fourth-order valence-corrected chi connectivity index (χ4v) is 2.64. The maximum atomic E-state index is 13.2. The zero-order chi connectivity index (χ0) is 18.3. The zero-order valence-corrected chi connectivity index (χ0v) is 14.8. The third-order valence-electron chi connectivity index (χ3n) is 3.32. The molecule has 2 atom stereocenters. The quantitative estimate of drug-likeness (QED) is 0.693. The maximum Gasteiger partial charge on any atom is 0.222 e. The van der Waals surface area contributed by atoms with Crippen LogP contribution in [-0.4, -0.2) is 51.1 Å². The second-order valence-electron chi connectivity index (χ2n) is 5.78. The van der Waals surface area contributed by atoms with Gasteiger partial charge in [0, 0.05) is 12.7 Å². The summed E-state index contributed by atoms with van der Waals surface area (Å²) in [6.07, 6.45) is -0.149. The minimum Gasteiger partial charge on any atom is -0.386 e. The molecule has 0 aliphatic carbocycles. The van der Waals surface area contributed by atoms with Crippen molar-refractivity contribution < 1.29 is 27.4 Å². The van der Waals surface area contributed by atoms with Crippen molar-refractivity contribution in [3.05, 3.63) is 29.8 Å². The number of alkyl halides is 1. The van der Waals surface area contributed by atoms with Crippen molar-refractivity contribution in [2.24, 2.45) is 0 Å². The van der Waals surface area contributed by atoms with Crippen molar-refractivity contribution >= 4 is 15.7 Å². The lowest BCUT2D eigenvalue weighted by atomic mass is 10.0. The fraction of sp³-hybridized carbons (Fsp3) is 0.562. The Morgan fingerprint density at radius 3 is 2.33 bits per heavy atom. The van der Waals surface area contributed by atoms with E-state index in [-0.39, 0.29) is 24.0 Å². The molecule has 2 N–H and O–H groups in total. The van der Waals surface area contributed by atoms with E-state index < -0.39 is 34.6 Å². The number of rotatable bonds is 9. The van der Waals surface area contributed by atoms with E-state index in [9.17, 15) is 22.7 Å². The van der Waals surface area contributed by atoms with E-state index in [1.807, 2.05) is 13.8 Å². The second kappa shape index (κ2) is 9.10. The third-order valence-corrected chi connectivity index (χ3v) is 4.45. The molecule has 24 heavy (non-hydrogen) atoms. The first-order valence-electron chi connectivity index (χ1n) is 7.60. The Morgan fingerprint density at radius 1 is 1.29 bits per heavy atom. The highest BCUT2D eigenvalue weighted by atomic mass is 32.2. The molecule has 0 spiro atoms. The van der Waals surface area contributed by atoms with Gasteiger partial charge in [0.15, 0.2) is 9.84 Å². The minimum atomic E-state index is -3.35. The van der Waals surface area contributed by atoms with Gasteiger partial charge in [0.1, 0.15) is 12.8 Å². The Morgan fingerprint density at radius 2 is 1.88 bits per heavy atom. The molecule has 2 unspecified atom stereocenters. The molecule has 1 amide bonds. The number of nitrogens with one attached hydrogen (secondary N) is 1. The highest BCUT2D eigenvalue weighted by Gasteiger charge is 2.23. The van der Waals surface area contributed by atoms with E-state index in [0.29, 0.717) is 5.56 Å². The van der Waals surface area contributed by atoms with Crippen molar-refractivity contribution in [3.8, 4) is 0 Å². The summed E-state index contributed by atoms with van der Waals surface area (Å²) in [5.41, 5.74) is 0.323. The van der Waals surface area contributed by atoms with Crippen LogP contribution in [0.3, 0.4) is 0 Å². The van der Waals surface area contributed by atoms with Crippen LogP contribution >= 0.6 is 0 Å². The molecule has 0 saturated carbocycles. The van der Waals surface area contributed by atoms with Crippen LogP contribution in [-0.2, 0) is 19.4 Å². The van der Waals surface area contributed by atoms with Gasteiger partial charge in [-0.1, -0.05) is 12.1 Å². The van der Waals surface area contributed by atoms with E-state index in [1.54, 1.807) is 0 Å². The number of halogens is 1. The van der Waals surface area contributed by atoms with Gasteiger partial charge in [0.25, 0.3) is 0 Å². The first-order valence-corrected chi connectivity index (χ1v) is 9.49. The molecule has 0 heterocycles. The first-order chi connectivity index (χ1) is 11.1. The topological polar surface area (TPSA) is 92.7 Å². The van der Waals surface area contributed by atoms with E-state index in [0.717, 1.165) is 6.26 Å². The van der Waals surface area contributed by atoms with Crippen molar-refractivity contribution in [1.82, 2.24) is 5.32 Å². The highest BCUT2D eigenvalue weighted by molar-refractivity contribution is 7.90. The summed E-state index contributed by atoms with van der Waals surface area (Å²) in [6.45, 7) is 2.94. The van der Waals surface area contributed by atoms with Crippen molar-refractivity contribution in [2.75, 3.05) is 19.5 Å². The summed E-state index contributed by atoms with van der Waals surface area (Å²) in [5, 5.41) is 12.6. The first kappa shape index (κ1) is 20.5. The molecule has 6 nitrogen and oxygen atoms in total. The van der Waals surface area contributed by atoms with Gasteiger partial charge in [-0.15, -0.1) is 0 Å². The molecule has 0 aliphatic rings. The summed E-state index contributed by atoms with van der Waals surface area (Å²) < 4.78 is 41.2. The van der Waals surface area contributed by atoms with Crippen LogP contribution in [0.5, 0.6) is 0 Å². The molecular weight excluding hydrogens is 337 g/mol. The second-order valence-corrected chi connectivity index (χ2v) is 7.80. The molecule has 0 aliphatic heterocycles. The number of aliphatic hydroxyl groups is 1. The van der Waals surface area contributed by atoms with Gasteiger partial charge >= 0.3 is 0 Å². The van der Waals surface area contributed by atoms with Gasteiger partial charge < -0.3 is 15.2 Å². The Hall–Kier alpha value is -1.51. The molecule has 1 aromatic rings. The van der Waals surface area contributed by atoms with Crippen LogP contribution in [0.4, 0.5) is 4.39 Å². The number of aliphatic hydroxyl groups excluding tert-OH is 1. The number of carbonyl (C=O) groups is 1. The average molecular weight is 361 g/mol. The summed E-state index contributed by atoms with van der Waals surface area (Å²) in [7, 11) is -3.35. The maximum absolute atomic E-state index is 13.2. The molecule has 0 saturated heterocycles. The zero-order valence-electron chi connectivity index (χ0n) is 14.0. The number of benzene rings is 1. The molecular formula is C16H24FNO5S. The number of amides is 1. The number of carbonyl (C=O) groups excluding carboxylic acids is 1. The van der Waals surface area contributed by atoms with Crippen molar-refractivity contribution in [1.29, 1.82) is 0 Å². The van der Waals surface area contributed by atoms with Crippen molar-refractivity contribution in [2.45, 2.75) is 43.4 Å². The molecule has 1 aromatic carbocycles. The molecule has 0 radical (unpaired) electrons. The predicted octanol–water partition coefficient (Wildman–Crippen LogP) is 1.39. The number of hydrogen-bond donors (Lipinski definition) is 2. The van der Waals surface area contributed by atoms with Crippen LogP contribution in [0, 0.1) is 0 Å². The van der Waals surface area contributed by atoms with Gasteiger partial charge in [-0.2, -0.15) is 0 Å². The van der Waals surface area contributed by atoms with Gasteiger partial charge in [-0.3, -0.25) is 4.79 Å². The lowest BCUT2D eigenvalue weighted by Crippen LogP contribution is -2.41. The molecule has 1 rings (SSSR count). The standard InChI is InChI=1S/C16H24FNO5S/c1-11(2)23-9-8-15(19)18-14(10-17)16(20)12-4-6-13(7-5-12)24(3,21)22/h4-7,11,14,16,20H,8-10H2,1-3H3,(H,18,19). The van der Waals surface area contributed by atoms with Crippen LogP contribution in [0.1, 0.15) is 31.9 Å². The largest absolute Gasteiger partial charge is 0.386 e. The number of ether oxygens (including phenoxy) is 1. The smallest absolute Gasteiger partial charge is 0.222 e. The fourth-order valence-electron chi connectivity index (χ4n) is 2.01. The lowest BCUT2D eigenvalue weighted by Gasteiger charge is -2.22. The predicted molar refractivity (Wildman–Crippen MR) is 88.1 cm³/mol. The average Bonchev–Trinajstić information content (AvgIpc) is 2.51. The Bertz CT molecular complexity index is 630. The lowest BCUT2D eigenvalue weighted by molar-refractivity contribution is -0.124.